The van der Waals surface area contributed by atoms with Gasteiger partial charge in [0.15, 0.2) is 0 Å². The number of halogens is 1. The highest BCUT2D eigenvalue weighted by Crippen LogP contribution is 2.35. The van der Waals surface area contributed by atoms with Crippen molar-refractivity contribution in [2.24, 2.45) is 0 Å². The predicted molar refractivity (Wildman–Crippen MR) is 92.4 cm³/mol. The summed E-state index contributed by atoms with van der Waals surface area (Å²) in [6, 6.07) is 10.5. The summed E-state index contributed by atoms with van der Waals surface area (Å²) in [5, 5.41) is 10.6. The Kier molecular flexibility index (Phi) is 3.48. The molecule has 1 fully saturated rings. The minimum absolute atomic E-state index is 0.145. The van der Waals surface area contributed by atoms with Crippen molar-refractivity contribution in [1.82, 2.24) is 4.57 Å². The molecular formula is C20H20FNO2. The van der Waals surface area contributed by atoms with Gasteiger partial charge in [0.1, 0.15) is 11.6 Å². The van der Waals surface area contributed by atoms with Crippen molar-refractivity contribution in [2.45, 2.75) is 25.7 Å². The van der Waals surface area contributed by atoms with Gasteiger partial charge in [-0.15, -0.1) is 0 Å². The molecule has 1 aliphatic heterocycles. The molecule has 3 aromatic rings. The van der Waals surface area contributed by atoms with Gasteiger partial charge in [-0.3, -0.25) is 0 Å². The topological polar surface area (TPSA) is 34.4 Å². The van der Waals surface area contributed by atoms with E-state index in [9.17, 15) is 9.50 Å². The number of fused-ring (bicyclic) bond motifs is 1. The fraction of sp³-hybridized carbons (Fsp3) is 0.300. The molecular weight excluding hydrogens is 305 g/mol. The highest BCUT2D eigenvalue weighted by Gasteiger charge is 2.22. The molecule has 0 bridgehead atoms. The normalized spacial score (nSPS) is 16.5. The van der Waals surface area contributed by atoms with Crippen LogP contribution in [0.3, 0.4) is 0 Å². The van der Waals surface area contributed by atoms with Gasteiger partial charge < -0.3 is 14.4 Å². The van der Waals surface area contributed by atoms with Gasteiger partial charge in [0.05, 0.1) is 6.89 Å². The van der Waals surface area contributed by atoms with Crippen LogP contribution in [-0.2, 0) is 4.74 Å². The summed E-state index contributed by atoms with van der Waals surface area (Å²) in [7, 11) is 0. The number of aryl methyl sites for hydroxylation is 1. The first-order chi connectivity index (χ1) is 12.1. The SMILES string of the molecule is [2H]c1c(C2CCOCC2)n(-c2ccc(F)c(C)c2)c2ccc(O)cc12. The Morgan fingerprint density at radius 1 is 1.21 bits per heavy atom. The second kappa shape index (κ2) is 5.95. The van der Waals surface area contributed by atoms with E-state index in [0.717, 1.165) is 29.7 Å². The lowest BCUT2D eigenvalue weighted by molar-refractivity contribution is 0.0842. The van der Waals surface area contributed by atoms with Crippen molar-refractivity contribution in [2.75, 3.05) is 13.2 Å². The van der Waals surface area contributed by atoms with Crippen LogP contribution in [0.5, 0.6) is 5.75 Å². The van der Waals surface area contributed by atoms with E-state index in [1.807, 2.05) is 16.7 Å². The van der Waals surface area contributed by atoms with Crippen molar-refractivity contribution < 1.29 is 15.6 Å². The molecule has 3 nitrogen and oxygen atoms in total. The average Bonchev–Trinajstić information content (AvgIpc) is 2.90. The lowest BCUT2D eigenvalue weighted by Crippen LogP contribution is -2.16. The van der Waals surface area contributed by atoms with Gasteiger partial charge in [-0.25, -0.2) is 4.39 Å². The molecule has 1 aliphatic rings. The number of hydrogen-bond acceptors (Lipinski definition) is 2. The standard InChI is InChI=1S/C20H20FNO2/c1-13-10-16(2-4-18(13)21)22-19-5-3-17(23)11-15(19)12-20(22)14-6-8-24-9-7-14/h2-5,10-12,14,23H,6-9H2,1H3/i12D. The van der Waals surface area contributed by atoms with Crippen LogP contribution < -0.4 is 0 Å². The quantitative estimate of drug-likeness (QED) is 0.742. The number of aromatic nitrogens is 1. The monoisotopic (exact) mass is 326 g/mol. The summed E-state index contributed by atoms with van der Waals surface area (Å²) in [4.78, 5) is 0. The Bertz CT molecular complexity index is 945. The largest absolute Gasteiger partial charge is 0.508 e. The third-order valence-electron chi connectivity index (χ3n) is 4.73. The first-order valence-corrected chi connectivity index (χ1v) is 8.24. The minimum atomic E-state index is -0.239. The summed E-state index contributed by atoms with van der Waals surface area (Å²) in [5.74, 6) is 0.115. The van der Waals surface area contributed by atoms with Gasteiger partial charge in [-0.2, -0.15) is 0 Å². The Morgan fingerprint density at radius 3 is 2.75 bits per heavy atom. The maximum absolute atomic E-state index is 13.7. The van der Waals surface area contributed by atoms with E-state index in [1.54, 1.807) is 25.1 Å². The summed E-state index contributed by atoms with van der Waals surface area (Å²) in [6.07, 6.45) is 1.71. The maximum Gasteiger partial charge on any atom is 0.126 e. The molecule has 0 spiro atoms. The van der Waals surface area contributed by atoms with Gasteiger partial charge in [-0.05, 0) is 67.8 Å². The molecule has 4 heteroatoms. The third-order valence-corrected chi connectivity index (χ3v) is 4.73. The Hall–Kier alpha value is -2.33. The fourth-order valence-electron chi connectivity index (χ4n) is 3.44. The van der Waals surface area contributed by atoms with Gasteiger partial charge in [0.2, 0.25) is 0 Å². The van der Waals surface area contributed by atoms with Gasteiger partial charge in [-0.1, -0.05) is 0 Å². The Morgan fingerprint density at radius 2 is 2.00 bits per heavy atom. The molecule has 0 saturated carbocycles. The molecule has 24 heavy (non-hydrogen) atoms. The molecule has 0 amide bonds. The molecule has 4 rings (SSSR count). The zero-order valence-electron chi connectivity index (χ0n) is 14.6. The van der Waals surface area contributed by atoms with Crippen molar-refractivity contribution in [1.29, 1.82) is 0 Å². The maximum atomic E-state index is 13.7. The summed E-state index contributed by atoms with van der Waals surface area (Å²) in [6.45, 7) is 3.10. The number of phenolic OH excluding ortho intramolecular Hbond substituents is 1. The Labute approximate surface area is 141 Å². The van der Waals surface area contributed by atoms with Crippen LogP contribution in [-0.4, -0.2) is 22.9 Å². The van der Waals surface area contributed by atoms with Crippen LogP contribution in [0.4, 0.5) is 4.39 Å². The first-order valence-electron chi connectivity index (χ1n) is 8.74. The highest BCUT2D eigenvalue weighted by atomic mass is 19.1. The van der Waals surface area contributed by atoms with E-state index < -0.39 is 0 Å². The van der Waals surface area contributed by atoms with Crippen LogP contribution in [0.1, 0.15) is 31.4 Å². The molecule has 1 aromatic heterocycles. The van der Waals surface area contributed by atoms with Crippen molar-refractivity contribution in [3.05, 3.63) is 59.5 Å². The number of benzene rings is 2. The van der Waals surface area contributed by atoms with E-state index >= 15 is 0 Å². The molecule has 2 aromatic carbocycles. The number of hydrogen-bond donors (Lipinski definition) is 1. The van der Waals surface area contributed by atoms with Gasteiger partial charge in [0.25, 0.3) is 0 Å². The third kappa shape index (κ3) is 2.57. The molecule has 0 radical (unpaired) electrons. The second-order valence-electron chi connectivity index (χ2n) is 6.37. The first kappa shape index (κ1) is 14.1. The molecule has 1 saturated heterocycles. The van der Waals surface area contributed by atoms with Crippen LogP contribution in [0, 0.1) is 12.7 Å². The lowest BCUT2D eigenvalue weighted by atomic mass is 9.96. The number of phenols is 1. The molecule has 0 unspecified atom stereocenters. The molecule has 1 N–H and O–H groups in total. The van der Waals surface area contributed by atoms with Crippen LogP contribution in [0.25, 0.3) is 16.6 Å². The lowest BCUT2D eigenvalue weighted by Gasteiger charge is -2.24. The summed E-state index contributed by atoms with van der Waals surface area (Å²) >= 11 is 0. The minimum Gasteiger partial charge on any atom is -0.508 e. The number of ether oxygens (including phenoxy) is 1. The van der Waals surface area contributed by atoms with Crippen LogP contribution >= 0.6 is 0 Å². The number of nitrogens with zero attached hydrogens (tertiary/aromatic N) is 1. The van der Waals surface area contributed by atoms with E-state index in [4.69, 9.17) is 6.11 Å². The molecule has 0 aliphatic carbocycles. The van der Waals surface area contributed by atoms with Crippen LogP contribution in [0.15, 0.2) is 42.4 Å². The van der Waals surface area contributed by atoms with Crippen molar-refractivity contribution >= 4 is 10.9 Å². The highest BCUT2D eigenvalue weighted by molar-refractivity contribution is 5.85. The smallest absolute Gasteiger partial charge is 0.126 e. The molecule has 2 heterocycles. The van der Waals surface area contributed by atoms with Gasteiger partial charge in [0, 0.05) is 35.9 Å². The van der Waals surface area contributed by atoms with Crippen molar-refractivity contribution in [3.8, 4) is 11.4 Å². The fourth-order valence-corrected chi connectivity index (χ4v) is 3.44. The van der Waals surface area contributed by atoms with E-state index in [2.05, 4.69) is 0 Å². The zero-order chi connectivity index (χ0) is 17.6. The van der Waals surface area contributed by atoms with Crippen molar-refractivity contribution in [3.63, 3.8) is 0 Å². The summed E-state index contributed by atoms with van der Waals surface area (Å²) < 4.78 is 30.0. The molecule has 124 valence electrons. The average molecular weight is 326 g/mol. The number of aromatic hydroxyl groups is 1. The number of rotatable bonds is 2. The van der Waals surface area contributed by atoms with E-state index in [-0.39, 0.29) is 17.5 Å². The summed E-state index contributed by atoms with van der Waals surface area (Å²) in [5.41, 5.74) is 3.18. The predicted octanol–water partition coefficient (Wildman–Crippen LogP) is 4.68. The second-order valence-corrected chi connectivity index (χ2v) is 6.37. The van der Waals surface area contributed by atoms with E-state index in [0.29, 0.717) is 30.2 Å². The van der Waals surface area contributed by atoms with Gasteiger partial charge >= 0.3 is 0 Å². The van der Waals surface area contributed by atoms with Crippen LogP contribution in [0.2, 0.25) is 0 Å². The Balaban J connectivity index is 2.01. The zero-order valence-corrected chi connectivity index (χ0v) is 13.6. The molecule has 0 atom stereocenters. The van der Waals surface area contributed by atoms with E-state index in [1.165, 1.54) is 6.07 Å².